The molecule has 3 rings (SSSR count). The van der Waals surface area contributed by atoms with Gasteiger partial charge in [-0.15, -0.1) is 10.2 Å². The standard InChI is InChI=1S/C20H27FN6O2S/c1-13(2)12-17-24-25-19(30-17)23-18(28)14(3)22-20(29)27-10-8-26(9-11-27)16-6-4-15(21)5-7-16/h4-7,13-14H,8-12H2,1-3H3,(H,22,29)(H,23,25,28)/t14-/m0/s1. The Labute approximate surface area is 179 Å². The molecule has 8 nitrogen and oxygen atoms in total. The summed E-state index contributed by atoms with van der Waals surface area (Å²) in [7, 11) is 0. The number of urea groups is 1. The van der Waals surface area contributed by atoms with Gasteiger partial charge in [-0.25, -0.2) is 9.18 Å². The van der Waals surface area contributed by atoms with Crippen LogP contribution in [0.25, 0.3) is 0 Å². The molecule has 2 heterocycles. The maximum absolute atomic E-state index is 13.1. The molecule has 0 radical (unpaired) electrons. The lowest BCUT2D eigenvalue weighted by atomic mass is 10.1. The van der Waals surface area contributed by atoms with Crippen molar-refractivity contribution in [3.05, 3.63) is 35.1 Å². The van der Waals surface area contributed by atoms with Crippen LogP contribution >= 0.6 is 11.3 Å². The second-order valence-electron chi connectivity index (χ2n) is 7.71. The first-order valence-electron chi connectivity index (χ1n) is 10.0. The number of rotatable bonds is 6. The SMILES string of the molecule is CC(C)Cc1nnc(NC(=O)[C@H](C)NC(=O)N2CCN(c3ccc(F)cc3)CC2)s1. The van der Waals surface area contributed by atoms with E-state index in [1.165, 1.54) is 23.5 Å². The number of halogens is 1. The molecule has 3 amide bonds. The molecule has 2 aromatic rings. The molecule has 0 unspecified atom stereocenters. The molecule has 0 spiro atoms. The maximum atomic E-state index is 13.1. The van der Waals surface area contributed by atoms with E-state index in [1.807, 2.05) is 0 Å². The van der Waals surface area contributed by atoms with E-state index in [-0.39, 0.29) is 17.8 Å². The fraction of sp³-hybridized carbons (Fsp3) is 0.500. The van der Waals surface area contributed by atoms with Crippen LogP contribution in [0.2, 0.25) is 0 Å². The second kappa shape index (κ2) is 9.84. The third kappa shape index (κ3) is 5.88. The third-order valence-electron chi connectivity index (χ3n) is 4.77. The van der Waals surface area contributed by atoms with Crippen LogP contribution in [-0.2, 0) is 11.2 Å². The zero-order chi connectivity index (χ0) is 21.7. The first-order chi connectivity index (χ1) is 14.3. The summed E-state index contributed by atoms with van der Waals surface area (Å²) in [5.74, 6) is -0.141. The molecule has 1 aliphatic heterocycles. The van der Waals surface area contributed by atoms with Crippen molar-refractivity contribution in [3.8, 4) is 0 Å². The number of nitrogens with zero attached hydrogens (tertiary/aromatic N) is 4. The lowest BCUT2D eigenvalue weighted by molar-refractivity contribution is -0.117. The number of amides is 3. The van der Waals surface area contributed by atoms with Gasteiger partial charge in [-0.3, -0.25) is 10.1 Å². The monoisotopic (exact) mass is 434 g/mol. The number of hydrogen-bond donors (Lipinski definition) is 2. The average Bonchev–Trinajstić information content (AvgIpc) is 3.14. The van der Waals surface area contributed by atoms with Crippen LogP contribution in [0.1, 0.15) is 25.8 Å². The van der Waals surface area contributed by atoms with Crippen molar-refractivity contribution in [1.29, 1.82) is 0 Å². The molecule has 162 valence electrons. The molecule has 1 aromatic carbocycles. The first-order valence-corrected chi connectivity index (χ1v) is 10.8. The molecule has 1 saturated heterocycles. The van der Waals surface area contributed by atoms with E-state index in [4.69, 9.17) is 0 Å². The predicted molar refractivity (Wildman–Crippen MR) is 115 cm³/mol. The van der Waals surface area contributed by atoms with Crippen molar-refractivity contribution >= 4 is 34.1 Å². The van der Waals surface area contributed by atoms with E-state index >= 15 is 0 Å². The average molecular weight is 435 g/mol. The molecule has 1 atom stereocenters. The minimum absolute atomic E-state index is 0.270. The Morgan fingerprint density at radius 3 is 2.40 bits per heavy atom. The molecule has 1 aliphatic rings. The highest BCUT2D eigenvalue weighted by Crippen LogP contribution is 2.19. The van der Waals surface area contributed by atoms with Crippen LogP contribution in [0.4, 0.5) is 20.0 Å². The molecule has 1 fully saturated rings. The van der Waals surface area contributed by atoms with E-state index in [2.05, 4.69) is 39.6 Å². The molecular formula is C20H27FN6O2S. The van der Waals surface area contributed by atoms with E-state index < -0.39 is 6.04 Å². The van der Waals surface area contributed by atoms with Gasteiger partial charge in [0, 0.05) is 38.3 Å². The number of hydrogen-bond acceptors (Lipinski definition) is 6. The van der Waals surface area contributed by atoms with Crippen LogP contribution in [0.3, 0.4) is 0 Å². The van der Waals surface area contributed by atoms with Crippen LogP contribution < -0.4 is 15.5 Å². The van der Waals surface area contributed by atoms with Gasteiger partial charge < -0.3 is 15.1 Å². The summed E-state index contributed by atoms with van der Waals surface area (Å²) < 4.78 is 13.1. The van der Waals surface area contributed by atoms with Gasteiger partial charge >= 0.3 is 6.03 Å². The van der Waals surface area contributed by atoms with Crippen molar-refractivity contribution in [3.63, 3.8) is 0 Å². The van der Waals surface area contributed by atoms with Gasteiger partial charge in [-0.1, -0.05) is 25.2 Å². The Morgan fingerprint density at radius 1 is 1.10 bits per heavy atom. The molecule has 10 heteroatoms. The van der Waals surface area contributed by atoms with Gasteiger partial charge in [0.15, 0.2) is 0 Å². The summed E-state index contributed by atoms with van der Waals surface area (Å²) in [6.45, 7) is 8.15. The zero-order valence-electron chi connectivity index (χ0n) is 17.4. The molecule has 2 N–H and O–H groups in total. The van der Waals surface area contributed by atoms with Crippen molar-refractivity contribution < 1.29 is 14.0 Å². The van der Waals surface area contributed by atoms with Gasteiger partial charge in [0.1, 0.15) is 16.9 Å². The third-order valence-corrected chi connectivity index (χ3v) is 5.63. The predicted octanol–water partition coefficient (Wildman–Crippen LogP) is 2.73. The van der Waals surface area contributed by atoms with Crippen molar-refractivity contribution in [2.75, 3.05) is 36.4 Å². The van der Waals surface area contributed by atoms with Crippen LogP contribution in [0.5, 0.6) is 0 Å². The fourth-order valence-electron chi connectivity index (χ4n) is 3.11. The summed E-state index contributed by atoms with van der Waals surface area (Å²) in [5.41, 5.74) is 0.929. The largest absolute Gasteiger partial charge is 0.368 e. The lowest BCUT2D eigenvalue weighted by Crippen LogP contribution is -2.54. The Balaban J connectivity index is 1.45. The van der Waals surface area contributed by atoms with Gasteiger partial charge in [-0.2, -0.15) is 0 Å². The van der Waals surface area contributed by atoms with E-state index in [1.54, 1.807) is 24.0 Å². The summed E-state index contributed by atoms with van der Waals surface area (Å²) >= 11 is 1.35. The van der Waals surface area contributed by atoms with Crippen LogP contribution in [0, 0.1) is 11.7 Å². The molecule has 0 bridgehead atoms. The fourth-order valence-corrected chi connectivity index (χ4v) is 4.07. The number of piperazine rings is 1. The molecule has 30 heavy (non-hydrogen) atoms. The summed E-state index contributed by atoms with van der Waals surface area (Å²) in [6, 6.07) is 5.34. The Hall–Kier alpha value is -2.75. The number of carbonyl (C=O) groups excluding carboxylic acids is 2. The molecule has 0 aliphatic carbocycles. The normalized spacial score (nSPS) is 15.2. The van der Waals surface area contributed by atoms with E-state index in [9.17, 15) is 14.0 Å². The lowest BCUT2D eigenvalue weighted by Gasteiger charge is -2.36. The topological polar surface area (TPSA) is 90.5 Å². The number of nitrogens with one attached hydrogen (secondary N) is 2. The van der Waals surface area contributed by atoms with Gasteiger partial charge in [0.2, 0.25) is 11.0 Å². The number of carbonyl (C=O) groups is 2. The minimum Gasteiger partial charge on any atom is -0.368 e. The van der Waals surface area contributed by atoms with Crippen LogP contribution in [-0.4, -0.2) is 59.3 Å². The number of aromatic nitrogens is 2. The number of anilines is 2. The van der Waals surface area contributed by atoms with E-state index in [0.717, 1.165) is 17.1 Å². The second-order valence-corrected chi connectivity index (χ2v) is 8.77. The van der Waals surface area contributed by atoms with Gasteiger partial charge in [0.25, 0.3) is 0 Å². The van der Waals surface area contributed by atoms with Crippen molar-refractivity contribution in [1.82, 2.24) is 20.4 Å². The molecule has 1 aromatic heterocycles. The van der Waals surface area contributed by atoms with Gasteiger partial charge in [0.05, 0.1) is 0 Å². The highest BCUT2D eigenvalue weighted by atomic mass is 32.1. The summed E-state index contributed by atoms with van der Waals surface area (Å²) in [5, 5.41) is 14.8. The van der Waals surface area contributed by atoms with Crippen LogP contribution in [0.15, 0.2) is 24.3 Å². The molecule has 0 saturated carbocycles. The minimum atomic E-state index is -0.704. The highest BCUT2D eigenvalue weighted by Gasteiger charge is 2.24. The van der Waals surface area contributed by atoms with Crippen molar-refractivity contribution in [2.24, 2.45) is 5.92 Å². The van der Waals surface area contributed by atoms with E-state index in [0.29, 0.717) is 37.2 Å². The Bertz CT molecular complexity index is 864. The quantitative estimate of drug-likeness (QED) is 0.730. The first kappa shape index (κ1) is 21.9. The Morgan fingerprint density at radius 2 is 1.77 bits per heavy atom. The summed E-state index contributed by atoms with van der Waals surface area (Å²) in [6.07, 6.45) is 0.809. The Kier molecular flexibility index (Phi) is 7.20. The van der Waals surface area contributed by atoms with Crippen molar-refractivity contribution in [2.45, 2.75) is 33.2 Å². The highest BCUT2D eigenvalue weighted by molar-refractivity contribution is 7.15. The van der Waals surface area contributed by atoms with Gasteiger partial charge in [-0.05, 0) is 37.1 Å². The molecular weight excluding hydrogens is 407 g/mol. The number of benzene rings is 1. The summed E-state index contributed by atoms with van der Waals surface area (Å²) in [4.78, 5) is 28.7. The zero-order valence-corrected chi connectivity index (χ0v) is 18.2. The smallest absolute Gasteiger partial charge is 0.318 e. The maximum Gasteiger partial charge on any atom is 0.318 e.